The first kappa shape index (κ1) is 16.3. The molecule has 0 saturated heterocycles. The Bertz CT molecular complexity index is 591. The van der Waals surface area contributed by atoms with Crippen molar-refractivity contribution in [3.63, 3.8) is 0 Å². The third-order valence-electron chi connectivity index (χ3n) is 3.52. The fourth-order valence-electron chi connectivity index (χ4n) is 2.29. The second-order valence-electron chi connectivity index (χ2n) is 5.30. The van der Waals surface area contributed by atoms with Gasteiger partial charge in [-0.2, -0.15) is 0 Å². The molecule has 0 atom stereocenters. The number of hydrogen-bond donors (Lipinski definition) is 0. The maximum absolute atomic E-state index is 5.65. The molecule has 1 nitrogen and oxygen atoms in total. The zero-order valence-corrected chi connectivity index (χ0v) is 13.3. The van der Waals surface area contributed by atoms with Gasteiger partial charge in [-0.3, -0.25) is 0 Å². The molecule has 2 rings (SSSR count). The molecule has 0 saturated carbocycles. The highest BCUT2D eigenvalue weighted by atomic mass is 16.5. The highest BCUT2D eigenvalue weighted by Gasteiger charge is 1.99. The van der Waals surface area contributed by atoms with Crippen molar-refractivity contribution >= 4 is 6.08 Å². The Kier molecular flexibility index (Phi) is 6.66. The van der Waals surface area contributed by atoms with Crippen molar-refractivity contribution in [3.05, 3.63) is 78.4 Å². The van der Waals surface area contributed by atoms with Gasteiger partial charge in [-0.1, -0.05) is 66.8 Å². The minimum absolute atomic E-state index is 0.678. The number of rotatable bonds is 8. The molecule has 1 heteroatoms. The summed E-state index contributed by atoms with van der Waals surface area (Å²) in [7, 11) is 0. The SMILES string of the molecule is C=CCCCOCc1ccc(-c2ccc(C=CC)cc2)cc1. The van der Waals surface area contributed by atoms with Crippen LogP contribution in [-0.2, 0) is 11.3 Å². The van der Waals surface area contributed by atoms with Crippen LogP contribution in [0.5, 0.6) is 0 Å². The number of benzene rings is 2. The van der Waals surface area contributed by atoms with Crippen LogP contribution in [0.4, 0.5) is 0 Å². The van der Waals surface area contributed by atoms with Gasteiger partial charge < -0.3 is 4.74 Å². The molecular weight excluding hydrogens is 268 g/mol. The van der Waals surface area contributed by atoms with Gasteiger partial charge in [0.2, 0.25) is 0 Å². The van der Waals surface area contributed by atoms with Gasteiger partial charge in [0.05, 0.1) is 6.61 Å². The number of allylic oxidation sites excluding steroid dienone is 2. The summed E-state index contributed by atoms with van der Waals surface area (Å²) in [5.41, 5.74) is 4.93. The summed E-state index contributed by atoms with van der Waals surface area (Å²) in [5, 5.41) is 0. The first-order valence-electron chi connectivity index (χ1n) is 7.84. The van der Waals surface area contributed by atoms with Crippen LogP contribution in [0, 0.1) is 0 Å². The molecule has 0 heterocycles. The first-order chi connectivity index (χ1) is 10.8. The van der Waals surface area contributed by atoms with Gasteiger partial charge in [0.25, 0.3) is 0 Å². The van der Waals surface area contributed by atoms with E-state index in [-0.39, 0.29) is 0 Å². The minimum atomic E-state index is 0.678. The van der Waals surface area contributed by atoms with E-state index in [1.807, 2.05) is 13.0 Å². The lowest BCUT2D eigenvalue weighted by molar-refractivity contribution is 0.119. The van der Waals surface area contributed by atoms with Crippen molar-refractivity contribution in [2.45, 2.75) is 26.4 Å². The highest BCUT2D eigenvalue weighted by molar-refractivity contribution is 5.65. The predicted molar refractivity (Wildman–Crippen MR) is 95.7 cm³/mol. The van der Waals surface area contributed by atoms with Gasteiger partial charge in [0.1, 0.15) is 0 Å². The van der Waals surface area contributed by atoms with Crippen LogP contribution in [0.1, 0.15) is 30.9 Å². The Hall–Kier alpha value is -2.12. The highest BCUT2D eigenvalue weighted by Crippen LogP contribution is 2.21. The lowest BCUT2D eigenvalue weighted by Crippen LogP contribution is -1.95. The van der Waals surface area contributed by atoms with E-state index in [4.69, 9.17) is 4.74 Å². The molecule has 0 aliphatic heterocycles. The maximum Gasteiger partial charge on any atom is 0.0716 e. The van der Waals surface area contributed by atoms with Crippen molar-refractivity contribution in [1.82, 2.24) is 0 Å². The Balaban J connectivity index is 1.92. The van der Waals surface area contributed by atoms with Crippen LogP contribution < -0.4 is 0 Å². The Morgan fingerprint density at radius 3 is 2.18 bits per heavy atom. The van der Waals surface area contributed by atoms with Crippen LogP contribution in [0.15, 0.2) is 67.3 Å². The molecule has 0 radical (unpaired) electrons. The van der Waals surface area contributed by atoms with Crippen molar-refractivity contribution in [2.24, 2.45) is 0 Å². The van der Waals surface area contributed by atoms with E-state index in [0.29, 0.717) is 6.61 Å². The van der Waals surface area contributed by atoms with E-state index in [1.54, 1.807) is 0 Å². The van der Waals surface area contributed by atoms with Gasteiger partial charge in [0, 0.05) is 6.61 Å². The normalized spacial score (nSPS) is 11.0. The largest absolute Gasteiger partial charge is 0.377 e. The minimum Gasteiger partial charge on any atom is -0.377 e. The van der Waals surface area contributed by atoms with Crippen LogP contribution in [-0.4, -0.2) is 6.61 Å². The third kappa shape index (κ3) is 5.01. The summed E-state index contributed by atoms with van der Waals surface area (Å²) in [6.45, 7) is 7.22. The van der Waals surface area contributed by atoms with Crippen molar-refractivity contribution < 1.29 is 4.74 Å². The molecule has 0 aliphatic rings. The fraction of sp³-hybridized carbons (Fsp3) is 0.238. The van der Waals surface area contributed by atoms with Crippen LogP contribution in [0.2, 0.25) is 0 Å². The molecule has 0 fully saturated rings. The van der Waals surface area contributed by atoms with Crippen molar-refractivity contribution in [1.29, 1.82) is 0 Å². The van der Waals surface area contributed by atoms with E-state index in [9.17, 15) is 0 Å². The van der Waals surface area contributed by atoms with Crippen LogP contribution in [0.3, 0.4) is 0 Å². The average Bonchev–Trinajstić information content (AvgIpc) is 2.56. The van der Waals surface area contributed by atoms with E-state index in [0.717, 1.165) is 19.4 Å². The second kappa shape index (κ2) is 9.01. The number of hydrogen-bond acceptors (Lipinski definition) is 1. The Morgan fingerprint density at radius 2 is 1.59 bits per heavy atom. The van der Waals surface area contributed by atoms with Crippen LogP contribution in [0.25, 0.3) is 17.2 Å². The molecule has 0 N–H and O–H groups in total. The summed E-state index contributed by atoms with van der Waals surface area (Å²) in [6, 6.07) is 17.2. The van der Waals surface area contributed by atoms with Gasteiger partial charge in [-0.25, -0.2) is 0 Å². The molecule has 114 valence electrons. The van der Waals surface area contributed by atoms with Crippen molar-refractivity contribution in [2.75, 3.05) is 6.61 Å². The fourth-order valence-corrected chi connectivity index (χ4v) is 2.29. The molecule has 0 spiro atoms. The third-order valence-corrected chi connectivity index (χ3v) is 3.52. The second-order valence-corrected chi connectivity index (χ2v) is 5.30. The van der Waals surface area contributed by atoms with E-state index >= 15 is 0 Å². The van der Waals surface area contributed by atoms with E-state index in [1.165, 1.54) is 22.3 Å². The summed E-state index contributed by atoms with van der Waals surface area (Å²) in [5.74, 6) is 0. The molecule has 0 unspecified atom stereocenters. The molecule has 2 aromatic carbocycles. The summed E-state index contributed by atoms with van der Waals surface area (Å²) < 4.78 is 5.65. The standard InChI is InChI=1S/C21H24O/c1-3-5-6-16-22-17-19-10-14-21(15-11-19)20-12-8-18(7-4-2)9-13-20/h3-4,7-15H,1,5-6,16-17H2,2H3. The summed E-state index contributed by atoms with van der Waals surface area (Å²) >= 11 is 0. The molecule has 2 aromatic rings. The molecule has 0 aliphatic carbocycles. The lowest BCUT2D eigenvalue weighted by Gasteiger charge is -2.06. The topological polar surface area (TPSA) is 9.23 Å². The van der Waals surface area contributed by atoms with Crippen molar-refractivity contribution in [3.8, 4) is 11.1 Å². The average molecular weight is 292 g/mol. The van der Waals surface area contributed by atoms with Gasteiger partial charge in [0.15, 0.2) is 0 Å². The monoisotopic (exact) mass is 292 g/mol. The number of unbranched alkanes of at least 4 members (excludes halogenated alkanes) is 1. The summed E-state index contributed by atoms with van der Waals surface area (Å²) in [4.78, 5) is 0. The zero-order valence-electron chi connectivity index (χ0n) is 13.3. The van der Waals surface area contributed by atoms with E-state index < -0.39 is 0 Å². The quantitative estimate of drug-likeness (QED) is 0.437. The maximum atomic E-state index is 5.65. The van der Waals surface area contributed by atoms with Crippen LogP contribution >= 0.6 is 0 Å². The molecule has 22 heavy (non-hydrogen) atoms. The summed E-state index contributed by atoms with van der Waals surface area (Å²) in [6.07, 6.45) is 8.15. The first-order valence-corrected chi connectivity index (χ1v) is 7.84. The molecule has 0 bridgehead atoms. The predicted octanol–water partition coefficient (Wildman–Crippen LogP) is 5.87. The molecule has 0 aromatic heterocycles. The van der Waals surface area contributed by atoms with E-state index in [2.05, 4.69) is 67.3 Å². The smallest absolute Gasteiger partial charge is 0.0716 e. The zero-order chi connectivity index (χ0) is 15.6. The van der Waals surface area contributed by atoms with Gasteiger partial charge in [-0.05, 0) is 42.0 Å². The van der Waals surface area contributed by atoms with Gasteiger partial charge in [-0.15, -0.1) is 6.58 Å². The Morgan fingerprint density at radius 1 is 0.955 bits per heavy atom. The molecule has 0 amide bonds. The number of ether oxygens (including phenoxy) is 1. The molecular formula is C21H24O. The lowest BCUT2D eigenvalue weighted by atomic mass is 10.0. The Labute approximate surface area is 134 Å². The van der Waals surface area contributed by atoms with Gasteiger partial charge >= 0.3 is 0 Å².